The van der Waals surface area contributed by atoms with Crippen LogP contribution in [0, 0.1) is 11.8 Å². The first kappa shape index (κ1) is 13.3. The molecule has 0 spiro atoms. The predicted molar refractivity (Wildman–Crippen MR) is 71.2 cm³/mol. The van der Waals surface area contributed by atoms with Gasteiger partial charge in [-0.2, -0.15) is 0 Å². The van der Waals surface area contributed by atoms with E-state index < -0.39 is 0 Å². The molecule has 0 amide bonds. The van der Waals surface area contributed by atoms with E-state index in [9.17, 15) is 0 Å². The van der Waals surface area contributed by atoms with Gasteiger partial charge in [0.25, 0.3) is 0 Å². The fourth-order valence-corrected chi connectivity index (χ4v) is 2.93. The molecular weight excluding hydrogens is 212 g/mol. The lowest BCUT2D eigenvalue weighted by Crippen LogP contribution is -2.45. The summed E-state index contributed by atoms with van der Waals surface area (Å²) in [6, 6.07) is 0. The molecule has 1 aliphatic heterocycles. The van der Waals surface area contributed by atoms with Gasteiger partial charge in [0.1, 0.15) is 0 Å². The minimum atomic E-state index is 0.532. The number of nitrogens with zero attached hydrogens (tertiary/aromatic N) is 1. The van der Waals surface area contributed by atoms with Crippen LogP contribution in [-0.4, -0.2) is 50.3 Å². The Balaban J connectivity index is 1.58. The molecule has 1 saturated heterocycles. The third-order valence-corrected chi connectivity index (χ3v) is 4.52. The predicted octanol–water partition coefficient (Wildman–Crippen LogP) is 1.73. The topological polar surface area (TPSA) is 24.5 Å². The monoisotopic (exact) mass is 240 g/mol. The second kappa shape index (κ2) is 6.72. The van der Waals surface area contributed by atoms with Crippen molar-refractivity contribution in [1.82, 2.24) is 10.2 Å². The highest BCUT2D eigenvalue weighted by Crippen LogP contribution is 2.30. The molecule has 0 bridgehead atoms. The molecule has 1 saturated carbocycles. The van der Waals surface area contributed by atoms with Gasteiger partial charge >= 0.3 is 0 Å². The van der Waals surface area contributed by atoms with Crippen LogP contribution in [0.4, 0.5) is 0 Å². The molecule has 3 atom stereocenters. The molecule has 0 aromatic carbocycles. The van der Waals surface area contributed by atoms with E-state index in [-0.39, 0.29) is 0 Å². The highest BCUT2D eigenvalue weighted by atomic mass is 16.5. The Bertz CT molecular complexity index is 216. The largest absolute Gasteiger partial charge is 0.377 e. The highest BCUT2D eigenvalue weighted by Gasteiger charge is 2.24. The van der Waals surface area contributed by atoms with Crippen LogP contribution in [0.15, 0.2) is 0 Å². The molecule has 3 unspecified atom stereocenters. The summed E-state index contributed by atoms with van der Waals surface area (Å²) < 4.78 is 6.04. The van der Waals surface area contributed by atoms with Crippen molar-refractivity contribution in [2.75, 3.05) is 39.3 Å². The Hall–Kier alpha value is -0.120. The van der Waals surface area contributed by atoms with Crippen LogP contribution < -0.4 is 5.32 Å². The van der Waals surface area contributed by atoms with Gasteiger partial charge in [-0.3, -0.25) is 4.90 Å². The van der Waals surface area contributed by atoms with Crippen molar-refractivity contribution in [3.05, 3.63) is 0 Å². The third-order valence-electron chi connectivity index (χ3n) is 4.52. The lowest BCUT2D eigenvalue weighted by Gasteiger charge is -2.33. The van der Waals surface area contributed by atoms with Crippen LogP contribution in [0.3, 0.4) is 0 Å². The van der Waals surface area contributed by atoms with Crippen LogP contribution in [0.25, 0.3) is 0 Å². The van der Waals surface area contributed by atoms with E-state index >= 15 is 0 Å². The van der Waals surface area contributed by atoms with E-state index in [1.165, 1.54) is 32.4 Å². The smallest absolute Gasteiger partial charge is 0.0597 e. The zero-order valence-electron chi connectivity index (χ0n) is 11.5. The summed E-state index contributed by atoms with van der Waals surface area (Å²) in [5.41, 5.74) is 0. The fourth-order valence-electron chi connectivity index (χ4n) is 2.93. The molecule has 0 radical (unpaired) electrons. The van der Waals surface area contributed by atoms with Crippen LogP contribution in [0.1, 0.15) is 33.1 Å². The van der Waals surface area contributed by atoms with Crippen molar-refractivity contribution in [3.63, 3.8) is 0 Å². The van der Waals surface area contributed by atoms with E-state index in [1.54, 1.807) is 0 Å². The number of hydrogen-bond donors (Lipinski definition) is 1. The van der Waals surface area contributed by atoms with E-state index in [0.717, 1.165) is 38.1 Å². The summed E-state index contributed by atoms with van der Waals surface area (Å²) in [7, 11) is 0. The van der Waals surface area contributed by atoms with Crippen LogP contribution >= 0.6 is 0 Å². The van der Waals surface area contributed by atoms with Crippen molar-refractivity contribution in [2.24, 2.45) is 11.8 Å². The van der Waals surface area contributed by atoms with Crippen molar-refractivity contribution in [3.8, 4) is 0 Å². The van der Waals surface area contributed by atoms with E-state index in [0.29, 0.717) is 6.10 Å². The summed E-state index contributed by atoms with van der Waals surface area (Å²) in [6.45, 7) is 11.4. The van der Waals surface area contributed by atoms with Gasteiger partial charge in [0.05, 0.1) is 12.7 Å². The average molecular weight is 240 g/mol. The van der Waals surface area contributed by atoms with Gasteiger partial charge in [-0.1, -0.05) is 13.8 Å². The first-order valence-corrected chi connectivity index (χ1v) is 7.30. The quantitative estimate of drug-likeness (QED) is 0.810. The number of rotatable bonds is 4. The summed E-state index contributed by atoms with van der Waals surface area (Å²) >= 11 is 0. The Morgan fingerprint density at radius 1 is 1.12 bits per heavy atom. The molecule has 17 heavy (non-hydrogen) atoms. The average Bonchev–Trinajstić information content (AvgIpc) is 2.35. The standard InChI is InChI=1S/C14H28N2O/c1-12-3-4-14(11-13(12)2)17-10-9-16-7-5-15-6-8-16/h12-15H,3-11H2,1-2H3. The maximum Gasteiger partial charge on any atom is 0.0597 e. The molecule has 1 N–H and O–H groups in total. The second-order valence-electron chi connectivity index (χ2n) is 5.85. The molecule has 3 nitrogen and oxygen atoms in total. The molecular formula is C14H28N2O. The first-order chi connectivity index (χ1) is 8.25. The van der Waals surface area contributed by atoms with Crippen molar-refractivity contribution < 1.29 is 4.74 Å². The van der Waals surface area contributed by atoms with Gasteiger partial charge < -0.3 is 10.1 Å². The molecule has 1 aliphatic carbocycles. The van der Waals surface area contributed by atoms with Crippen LogP contribution in [0.5, 0.6) is 0 Å². The Kier molecular flexibility index (Phi) is 5.26. The van der Waals surface area contributed by atoms with Gasteiger partial charge in [-0.05, 0) is 31.1 Å². The van der Waals surface area contributed by atoms with E-state index in [4.69, 9.17) is 4.74 Å². The van der Waals surface area contributed by atoms with Gasteiger partial charge in [0, 0.05) is 32.7 Å². The number of hydrogen-bond acceptors (Lipinski definition) is 3. The van der Waals surface area contributed by atoms with Crippen molar-refractivity contribution in [1.29, 1.82) is 0 Å². The Morgan fingerprint density at radius 2 is 1.88 bits per heavy atom. The molecule has 100 valence electrons. The SMILES string of the molecule is CC1CCC(OCCN2CCNCC2)CC1C. The lowest BCUT2D eigenvalue weighted by molar-refractivity contribution is -0.00721. The minimum Gasteiger partial charge on any atom is -0.377 e. The molecule has 2 rings (SSSR count). The van der Waals surface area contributed by atoms with Crippen LogP contribution in [-0.2, 0) is 4.74 Å². The van der Waals surface area contributed by atoms with Gasteiger partial charge in [-0.15, -0.1) is 0 Å². The normalized spacial score (nSPS) is 36.0. The van der Waals surface area contributed by atoms with E-state index in [2.05, 4.69) is 24.1 Å². The van der Waals surface area contributed by atoms with Crippen LogP contribution in [0.2, 0.25) is 0 Å². The molecule has 2 fully saturated rings. The Labute approximate surface area is 106 Å². The number of ether oxygens (including phenoxy) is 1. The molecule has 0 aromatic heterocycles. The zero-order chi connectivity index (χ0) is 12.1. The molecule has 2 aliphatic rings. The third kappa shape index (κ3) is 4.23. The molecule has 1 heterocycles. The Morgan fingerprint density at radius 3 is 2.59 bits per heavy atom. The number of piperazine rings is 1. The van der Waals surface area contributed by atoms with Crippen molar-refractivity contribution in [2.45, 2.75) is 39.2 Å². The van der Waals surface area contributed by atoms with E-state index in [1.807, 2.05) is 0 Å². The number of nitrogens with one attached hydrogen (secondary N) is 1. The summed E-state index contributed by atoms with van der Waals surface area (Å²) in [4.78, 5) is 2.51. The lowest BCUT2D eigenvalue weighted by atomic mass is 9.80. The van der Waals surface area contributed by atoms with Gasteiger partial charge in [-0.25, -0.2) is 0 Å². The van der Waals surface area contributed by atoms with Gasteiger partial charge in [0.2, 0.25) is 0 Å². The summed E-state index contributed by atoms with van der Waals surface area (Å²) in [5.74, 6) is 1.73. The van der Waals surface area contributed by atoms with Crippen molar-refractivity contribution >= 4 is 0 Å². The maximum atomic E-state index is 6.04. The summed E-state index contributed by atoms with van der Waals surface area (Å²) in [6.07, 6.45) is 4.42. The molecule has 0 aromatic rings. The van der Waals surface area contributed by atoms with Gasteiger partial charge in [0.15, 0.2) is 0 Å². The highest BCUT2D eigenvalue weighted by molar-refractivity contribution is 4.76. The first-order valence-electron chi connectivity index (χ1n) is 7.30. The summed E-state index contributed by atoms with van der Waals surface area (Å²) in [5, 5.41) is 3.38. The maximum absolute atomic E-state index is 6.04. The zero-order valence-corrected chi connectivity index (χ0v) is 11.5. The second-order valence-corrected chi connectivity index (χ2v) is 5.85. The molecule has 3 heteroatoms. The minimum absolute atomic E-state index is 0.532. The fraction of sp³-hybridized carbons (Fsp3) is 1.00.